The number of hydrogen-bond acceptors (Lipinski definition) is 5. The highest BCUT2D eigenvalue weighted by Crippen LogP contribution is 2.13. The maximum atomic E-state index is 11.9. The molecule has 0 aliphatic rings. The van der Waals surface area contributed by atoms with Gasteiger partial charge in [0.15, 0.2) is 5.76 Å². The van der Waals surface area contributed by atoms with Crippen molar-refractivity contribution in [3.05, 3.63) is 52.2 Å². The molecule has 0 unspecified atom stereocenters. The zero-order valence-corrected chi connectivity index (χ0v) is 15.1. The minimum atomic E-state index is -3.49. The van der Waals surface area contributed by atoms with Crippen molar-refractivity contribution in [1.82, 2.24) is 10.6 Å². The van der Waals surface area contributed by atoms with Crippen molar-refractivity contribution in [2.45, 2.75) is 5.09 Å². The molecule has 0 bridgehead atoms. The third-order valence-corrected chi connectivity index (χ3v) is 4.40. The second-order valence-electron chi connectivity index (χ2n) is 4.91. The molecule has 7 nitrogen and oxygen atoms in total. The fourth-order valence-electron chi connectivity index (χ4n) is 1.81. The Labute approximate surface area is 147 Å². The Morgan fingerprint density at radius 1 is 1.08 bits per heavy atom. The molecular weight excluding hydrogens is 400 g/mol. The lowest BCUT2D eigenvalue weighted by Gasteiger charge is -2.06. The van der Waals surface area contributed by atoms with Gasteiger partial charge in [0.1, 0.15) is 0 Å². The van der Waals surface area contributed by atoms with Crippen molar-refractivity contribution in [2.24, 2.45) is 0 Å². The highest BCUT2D eigenvalue weighted by atomic mass is 79.9. The quantitative estimate of drug-likeness (QED) is 0.698. The lowest BCUT2D eigenvalue weighted by atomic mass is 10.2. The van der Waals surface area contributed by atoms with Crippen molar-refractivity contribution in [1.29, 1.82) is 0 Å². The van der Waals surface area contributed by atoms with E-state index in [0.717, 1.165) is 10.7 Å². The Balaban J connectivity index is 1.81. The summed E-state index contributed by atoms with van der Waals surface area (Å²) in [5.74, 6) is -0.918. The second kappa shape index (κ2) is 7.63. The predicted octanol–water partition coefficient (Wildman–Crippen LogP) is 1.61. The minimum Gasteiger partial charge on any atom is -0.440 e. The molecule has 2 rings (SSSR count). The Hall–Kier alpha value is -2.13. The largest absolute Gasteiger partial charge is 0.440 e. The van der Waals surface area contributed by atoms with Crippen molar-refractivity contribution in [3.8, 4) is 0 Å². The number of nitrogens with one attached hydrogen (secondary N) is 2. The highest BCUT2D eigenvalue weighted by Gasteiger charge is 2.16. The highest BCUT2D eigenvalue weighted by molar-refractivity contribution is 9.10. The lowest BCUT2D eigenvalue weighted by Crippen LogP contribution is -2.34. The van der Waals surface area contributed by atoms with Gasteiger partial charge >= 0.3 is 0 Å². The zero-order chi connectivity index (χ0) is 17.7. The average Bonchev–Trinajstić information content (AvgIpc) is 3.01. The van der Waals surface area contributed by atoms with Crippen LogP contribution in [0.2, 0.25) is 0 Å². The Morgan fingerprint density at radius 2 is 1.75 bits per heavy atom. The van der Waals surface area contributed by atoms with Crippen LogP contribution < -0.4 is 10.6 Å². The molecule has 1 aromatic carbocycles. The molecule has 2 aromatic rings. The Morgan fingerprint density at radius 3 is 2.33 bits per heavy atom. The van der Waals surface area contributed by atoms with Crippen molar-refractivity contribution < 1.29 is 22.4 Å². The van der Waals surface area contributed by atoms with Gasteiger partial charge in [-0.15, -0.1) is 0 Å². The van der Waals surface area contributed by atoms with E-state index in [0.29, 0.717) is 5.56 Å². The number of furan rings is 1. The van der Waals surface area contributed by atoms with Crippen LogP contribution in [0, 0.1) is 0 Å². The molecule has 1 heterocycles. The van der Waals surface area contributed by atoms with Gasteiger partial charge in [0.25, 0.3) is 11.8 Å². The summed E-state index contributed by atoms with van der Waals surface area (Å²) in [5.41, 5.74) is 0.500. The third kappa shape index (κ3) is 4.93. The summed E-state index contributed by atoms with van der Waals surface area (Å²) >= 11 is 3.28. The normalized spacial score (nSPS) is 11.1. The SMILES string of the molecule is CS(=O)(=O)c1ccc(C(=O)NCCNC(=O)c2cccc(Br)c2)o1. The summed E-state index contributed by atoms with van der Waals surface area (Å²) in [4.78, 5) is 23.7. The summed E-state index contributed by atoms with van der Waals surface area (Å²) in [6.45, 7) is 0.393. The van der Waals surface area contributed by atoms with Gasteiger partial charge in [-0.2, -0.15) is 0 Å². The Bertz CT molecular complexity index is 860. The van der Waals surface area contributed by atoms with E-state index in [1.54, 1.807) is 18.2 Å². The molecule has 0 saturated heterocycles. The number of sulfone groups is 1. The smallest absolute Gasteiger partial charge is 0.287 e. The first-order valence-corrected chi connectivity index (χ1v) is 9.57. The molecule has 0 saturated carbocycles. The van der Waals surface area contributed by atoms with Crippen molar-refractivity contribution in [2.75, 3.05) is 19.3 Å². The molecule has 0 radical (unpaired) electrons. The number of amides is 2. The number of halogens is 1. The van der Waals surface area contributed by atoms with Gasteiger partial charge in [-0.05, 0) is 30.3 Å². The molecule has 24 heavy (non-hydrogen) atoms. The molecule has 0 atom stereocenters. The molecule has 2 amide bonds. The predicted molar refractivity (Wildman–Crippen MR) is 90.6 cm³/mol. The first kappa shape index (κ1) is 18.2. The van der Waals surface area contributed by atoms with Gasteiger partial charge in [0.05, 0.1) is 0 Å². The van der Waals surface area contributed by atoms with E-state index >= 15 is 0 Å². The molecule has 128 valence electrons. The summed E-state index contributed by atoms with van der Waals surface area (Å²) in [7, 11) is -3.49. The maximum absolute atomic E-state index is 11.9. The third-order valence-electron chi connectivity index (χ3n) is 2.95. The van der Waals surface area contributed by atoms with E-state index in [9.17, 15) is 18.0 Å². The first-order valence-electron chi connectivity index (χ1n) is 6.89. The van der Waals surface area contributed by atoms with Crippen LogP contribution in [0.4, 0.5) is 0 Å². The van der Waals surface area contributed by atoms with Crippen LogP contribution in [0.1, 0.15) is 20.9 Å². The van der Waals surface area contributed by atoms with Crippen molar-refractivity contribution in [3.63, 3.8) is 0 Å². The fraction of sp³-hybridized carbons (Fsp3) is 0.200. The van der Waals surface area contributed by atoms with Crippen LogP contribution in [0.15, 0.2) is 50.4 Å². The summed E-state index contributed by atoms with van der Waals surface area (Å²) in [5, 5.41) is 4.92. The van der Waals surface area contributed by atoms with Gasteiger partial charge in [-0.3, -0.25) is 9.59 Å². The van der Waals surface area contributed by atoms with E-state index in [4.69, 9.17) is 4.42 Å². The van der Waals surface area contributed by atoms with E-state index < -0.39 is 15.7 Å². The molecule has 0 aliphatic carbocycles. The summed E-state index contributed by atoms with van der Waals surface area (Å²) < 4.78 is 28.3. The topological polar surface area (TPSA) is 105 Å². The number of benzene rings is 1. The molecular formula is C15H15BrN2O5S. The van der Waals surface area contributed by atoms with Crippen LogP contribution in [0.25, 0.3) is 0 Å². The van der Waals surface area contributed by atoms with E-state index in [2.05, 4.69) is 26.6 Å². The van der Waals surface area contributed by atoms with E-state index in [1.807, 2.05) is 6.07 Å². The minimum absolute atomic E-state index is 0.103. The summed E-state index contributed by atoms with van der Waals surface area (Å²) in [6, 6.07) is 9.42. The van der Waals surface area contributed by atoms with Crippen molar-refractivity contribution >= 4 is 37.6 Å². The summed E-state index contributed by atoms with van der Waals surface area (Å²) in [6.07, 6.45) is 0.991. The van der Waals surface area contributed by atoms with Crippen LogP contribution in [0.5, 0.6) is 0 Å². The molecule has 1 aromatic heterocycles. The monoisotopic (exact) mass is 414 g/mol. The van der Waals surface area contributed by atoms with Gasteiger partial charge < -0.3 is 15.1 Å². The molecule has 0 spiro atoms. The maximum Gasteiger partial charge on any atom is 0.287 e. The van der Waals surface area contributed by atoms with Crippen LogP contribution in [-0.4, -0.2) is 39.6 Å². The standard InChI is InChI=1S/C15H15BrN2O5S/c1-24(21,22)13-6-5-12(23-13)15(20)18-8-7-17-14(19)10-3-2-4-11(16)9-10/h2-6,9H,7-8H2,1H3,(H,17,19)(H,18,20). The average molecular weight is 415 g/mol. The lowest BCUT2D eigenvalue weighted by molar-refractivity contribution is 0.0906. The first-order chi connectivity index (χ1) is 11.3. The number of carbonyl (C=O) groups excluding carboxylic acids is 2. The molecule has 9 heteroatoms. The molecule has 0 fully saturated rings. The number of rotatable bonds is 6. The van der Waals surface area contributed by atoms with Gasteiger partial charge in [-0.1, -0.05) is 22.0 Å². The zero-order valence-electron chi connectivity index (χ0n) is 12.7. The number of hydrogen-bond donors (Lipinski definition) is 2. The fourth-order valence-corrected chi connectivity index (χ4v) is 2.77. The number of carbonyl (C=O) groups is 2. The van der Waals surface area contributed by atoms with Crippen LogP contribution >= 0.6 is 15.9 Å². The van der Waals surface area contributed by atoms with Gasteiger partial charge in [0.2, 0.25) is 14.9 Å². The van der Waals surface area contributed by atoms with E-state index in [1.165, 1.54) is 12.1 Å². The second-order valence-corrected chi connectivity index (χ2v) is 7.78. The molecule has 2 N–H and O–H groups in total. The van der Waals surface area contributed by atoms with Gasteiger partial charge in [-0.25, -0.2) is 8.42 Å². The Kier molecular flexibility index (Phi) is 5.79. The van der Waals surface area contributed by atoms with E-state index in [-0.39, 0.29) is 29.8 Å². The molecule has 0 aliphatic heterocycles. The van der Waals surface area contributed by atoms with Crippen LogP contribution in [0.3, 0.4) is 0 Å². The van der Waals surface area contributed by atoms with Crippen LogP contribution in [-0.2, 0) is 9.84 Å². The van der Waals surface area contributed by atoms with Gasteiger partial charge in [0, 0.05) is 29.4 Å².